The summed E-state index contributed by atoms with van der Waals surface area (Å²) in [5.41, 5.74) is 3.74. The molecule has 134 valence electrons. The van der Waals surface area contributed by atoms with E-state index in [4.69, 9.17) is 0 Å². The zero-order valence-corrected chi connectivity index (χ0v) is 15.1. The molecule has 0 N–H and O–H groups in total. The van der Waals surface area contributed by atoms with Crippen molar-refractivity contribution in [2.75, 3.05) is 13.1 Å². The number of piperidine rings is 1. The molecule has 0 bridgehead atoms. The molecule has 3 heterocycles. The van der Waals surface area contributed by atoms with Gasteiger partial charge < -0.3 is 4.90 Å². The summed E-state index contributed by atoms with van der Waals surface area (Å²) in [6.07, 6.45) is 7.78. The van der Waals surface area contributed by atoms with Crippen LogP contribution in [0.2, 0.25) is 0 Å². The van der Waals surface area contributed by atoms with Crippen LogP contribution in [0.3, 0.4) is 0 Å². The Morgan fingerprint density at radius 1 is 1.19 bits per heavy atom. The normalized spacial score (nSPS) is 15.5. The molecule has 4 rings (SSSR count). The smallest absolute Gasteiger partial charge is 0.253 e. The minimum Gasteiger partial charge on any atom is -0.339 e. The van der Waals surface area contributed by atoms with Gasteiger partial charge in [0.05, 0.1) is 11.9 Å². The van der Waals surface area contributed by atoms with Gasteiger partial charge in [-0.05, 0) is 48.6 Å². The first-order valence-electron chi connectivity index (χ1n) is 9.40. The number of carbonyl (C=O) groups is 1. The van der Waals surface area contributed by atoms with E-state index in [1.807, 2.05) is 45.9 Å². The third kappa shape index (κ3) is 3.34. The van der Waals surface area contributed by atoms with Gasteiger partial charge in [0.25, 0.3) is 5.91 Å². The molecule has 0 atom stereocenters. The molecule has 0 unspecified atom stereocenters. The van der Waals surface area contributed by atoms with Crippen LogP contribution in [0.5, 0.6) is 0 Å². The monoisotopic (exact) mass is 348 g/mol. The summed E-state index contributed by atoms with van der Waals surface area (Å²) < 4.78 is 1.85. The number of aromatic nitrogens is 3. The molecule has 5 nitrogen and oxygen atoms in total. The fraction of sp³-hybridized carbons (Fsp3) is 0.381. The number of hydrogen-bond acceptors (Lipinski definition) is 3. The minimum absolute atomic E-state index is 0.151. The van der Waals surface area contributed by atoms with Crippen molar-refractivity contribution in [3.05, 3.63) is 65.6 Å². The maximum Gasteiger partial charge on any atom is 0.253 e. The van der Waals surface area contributed by atoms with E-state index in [-0.39, 0.29) is 5.91 Å². The molecule has 26 heavy (non-hydrogen) atoms. The average Bonchev–Trinajstić information content (AvgIpc) is 3.11. The van der Waals surface area contributed by atoms with Crippen LogP contribution in [-0.4, -0.2) is 38.5 Å². The second-order valence-electron chi connectivity index (χ2n) is 7.06. The van der Waals surface area contributed by atoms with E-state index >= 15 is 0 Å². The average molecular weight is 348 g/mol. The van der Waals surface area contributed by atoms with Crippen molar-refractivity contribution in [1.29, 1.82) is 0 Å². The van der Waals surface area contributed by atoms with Crippen LogP contribution in [0.15, 0.2) is 48.8 Å². The highest BCUT2D eigenvalue weighted by molar-refractivity contribution is 5.94. The molecule has 3 aromatic rings. The first kappa shape index (κ1) is 16.8. The van der Waals surface area contributed by atoms with E-state index in [1.165, 1.54) is 6.42 Å². The number of nitrogens with zero attached hydrogens (tertiary/aromatic N) is 4. The standard InChI is InChI=1S/C21H24N4O/c1-2-16-8-11-24(12-9-16)21(26)18-6-3-5-17(13-18)14-19-15-22-20-7-4-10-23-25(19)20/h3-7,10,13,15-16H,2,8-9,11-12,14H2,1H3. The molecular formula is C21H24N4O. The van der Waals surface area contributed by atoms with Crippen LogP contribution >= 0.6 is 0 Å². The number of carbonyl (C=O) groups excluding carboxylic acids is 1. The lowest BCUT2D eigenvalue weighted by Gasteiger charge is -2.31. The van der Waals surface area contributed by atoms with Crippen molar-refractivity contribution in [2.45, 2.75) is 32.6 Å². The molecule has 2 aromatic heterocycles. The molecule has 0 radical (unpaired) electrons. The molecule has 5 heteroatoms. The summed E-state index contributed by atoms with van der Waals surface area (Å²) in [6, 6.07) is 11.8. The van der Waals surface area contributed by atoms with Gasteiger partial charge >= 0.3 is 0 Å². The van der Waals surface area contributed by atoms with Crippen molar-refractivity contribution >= 4 is 11.6 Å². The van der Waals surface area contributed by atoms with Gasteiger partial charge in [0, 0.05) is 31.3 Å². The topological polar surface area (TPSA) is 50.5 Å². The Morgan fingerprint density at radius 3 is 2.85 bits per heavy atom. The van der Waals surface area contributed by atoms with Crippen LogP contribution < -0.4 is 0 Å². The van der Waals surface area contributed by atoms with Gasteiger partial charge in [0.1, 0.15) is 0 Å². The quantitative estimate of drug-likeness (QED) is 0.724. The van der Waals surface area contributed by atoms with Crippen LogP contribution in [0.4, 0.5) is 0 Å². The second-order valence-corrected chi connectivity index (χ2v) is 7.06. The molecule has 0 aliphatic carbocycles. The molecule has 0 spiro atoms. The molecule has 0 saturated carbocycles. The highest BCUT2D eigenvalue weighted by atomic mass is 16.2. The van der Waals surface area contributed by atoms with E-state index in [2.05, 4.69) is 23.1 Å². The largest absolute Gasteiger partial charge is 0.339 e. The predicted molar refractivity (Wildman–Crippen MR) is 101 cm³/mol. The summed E-state index contributed by atoms with van der Waals surface area (Å²) >= 11 is 0. The van der Waals surface area contributed by atoms with Crippen molar-refractivity contribution in [1.82, 2.24) is 19.5 Å². The highest BCUT2D eigenvalue weighted by Gasteiger charge is 2.22. The van der Waals surface area contributed by atoms with Crippen molar-refractivity contribution in [3.8, 4) is 0 Å². The van der Waals surface area contributed by atoms with Gasteiger partial charge in [-0.25, -0.2) is 9.50 Å². The van der Waals surface area contributed by atoms with Gasteiger partial charge in [0.2, 0.25) is 0 Å². The third-order valence-electron chi connectivity index (χ3n) is 5.39. The van der Waals surface area contributed by atoms with Crippen molar-refractivity contribution in [3.63, 3.8) is 0 Å². The van der Waals surface area contributed by atoms with Crippen LogP contribution in [0, 0.1) is 5.92 Å². The fourth-order valence-electron chi connectivity index (χ4n) is 3.75. The van der Waals surface area contributed by atoms with E-state index in [0.29, 0.717) is 6.42 Å². The number of likely N-dealkylation sites (tertiary alicyclic amines) is 1. The third-order valence-corrected chi connectivity index (χ3v) is 5.39. The SMILES string of the molecule is CCC1CCN(C(=O)c2cccc(Cc3cnc4cccnn34)c2)CC1. The van der Waals surface area contributed by atoms with Crippen molar-refractivity contribution in [2.24, 2.45) is 5.92 Å². The number of imidazole rings is 1. The lowest BCUT2D eigenvalue weighted by molar-refractivity contribution is 0.0688. The molecule has 1 fully saturated rings. The fourth-order valence-corrected chi connectivity index (χ4v) is 3.75. The van der Waals surface area contributed by atoms with E-state index in [9.17, 15) is 4.79 Å². The summed E-state index contributed by atoms with van der Waals surface area (Å²) in [6.45, 7) is 3.98. The summed E-state index contributed by atoms with van der Waals surface area (Å²) in [5.74, 6) is 0.922. The lowest BCUT2D eigenvalue weighted by Crippen LogP contribution is -2.38. The van der Waals surface area contributed by atoms with E-state index < -0.39 is 0 Å². The Balaban J connectivity index is 1.51. The molecule has 1 aliphatic heterocycles. The maximum absolute atomic E-state index is 12.9. The second kappa shape index (κ2) is 7.28. The number of amides is 1. The van der Waals surface area contributed by atoms with Gasteiger partial charge in [-0.1, -0.05) is 25.5 Å². The molecular weight excluding hydrogens is 324 g/mol. The van der Waals surface area contributed by atoms with Crippen LogP contribution in [0.25, 0.3) is 5.65 Å². The first-order chi connectivity index (χ1) is 12.7. The Labute approximate surface area is 153 Å². The van der Waals surface area contributed by atoms with Gasteiger partial charge in [-0.3, -0.25) is 4.79 Å². The molecule has 1 saturated heterocycles. The van der Waals surface area contributed by atoms with Gasteiger partial charge in [-0.15, -0.1) is 0 Å². The minimum atomic E-state index is 0.151. The first-order valence-corrected chi connectivity index (χ1v) is 9.40. The van der Waals surface area contributed by atoms with E-state index in [0.717, 1.165) is 54.3 Å². The number of benzene rings is 1. The van der Waals surface area contributed by atoms with Gasteiger partial charge in [0.15, 0.2) is 5.65 Å². The number of hydrogen-bond donors (Lipinski definition) is 0. The Morgan fingerprint density at radius 2 is 2.04 bits per heavy atom. The van der Waals surface area contributed by atoms with Crippen LogP contribution in [-0.2, 0) is 6.42 Å². The Hall–Kier alpha value is -2.69. The molecule has 1 amide bonds. The summed E-state index contributed by atoms with van der Waals surface area (Å²) in [7, 11) is 0. The van der Waals surface area contributed by atoms with Crippen molar-refractivity contribution < 1.29 is 4.79 Å². The number of rotatable bonds is 4. The lowest BCUT2D eigenvalue weighted by atomic mass is 9.94. The Bertz CT molecular complexity index is 909. The Kier molecular flexibility index (Phi) is 4.69. The predicted octanol–water partition coefficient (Wildman–Crippen LogP) is 3.58. The molecule has 1 aliphatic rings. The maximum atomic E-state index is 12.9. The number of fused-ring (bicyclic) bond motifs is 1. The summed E-state index contributed by atoms with van der Waals surface area (Å²) in [4.78, 5) is 19.2. The van der Waals surface area contributed by atoms with Gasteiger partial charge in [-0.2, -0.15) is 5.10 Å². The van der Waals surface area contributed by atoms with E-state index in [1.54, 1.807) is 6.20 Å². The zero-order valence-electron chi connectivity index (χ0n) is 15.1. The summed E-state index contributed by atoms with van der Waals surface area (Å²) in [5, 5.41) is 4.36. The van der Waals surface area contributed by atoms with Crippen LogP contribution in [0.1, 0.15) is 47.8 Å². The zero-order chi connectivity index (χ0) is 17.9. The molecule has 1 aromatic carbocycles. The highest BCUT2D eigenvalue weighted by Crippen LogP contribution is 2.22.